The van der Waals surface area contributed by atoms with Crippen LogP contribution < -0.4 is 9.62 Å². The standard InChI is InChI=1S/C33H41Cl2N3O4S/c1-6-24-14-17-27(18-15-24)38(43(5,41)42)20-10-13-31(39)37(23-26-16-19-28(34)29(35)21-26)30(32(40)36-33(2,3)4)22-25-11-8-7-9-12-25/h7-9,11-12,14-19,21,30H,6,10,13,20,22-23H2,1-5H3,(H,36,40). The number of benzene rings is 3. The van der Waals surface area contributed by atoms with Gasteiger partial charge < -0.3 is 10.2 Å². The second-order valence-electron chi connectivity index (χ2n) is 11.7. The van der Waals surface area contributed by atoms with Gasteiger partial charge in [-0.3, -0.25) is 13.9 Å². The zero-order chi connectivity index (χ0) is 31.8. The van der Waals surface area contributed by atoms with E-state index in [1.165, 1.54) is 4.31 Å². The molecule has 10 heteroatoms. The average molecular weight is 647 g/mol. The van der Waals surface area contributed by atoms with Crippen molar-refractivity contribution in [3.05, 3.63) is 99.5 Å². The van der Waals surface area contributed by atoms with E-state index in [0.29, 0.717) is 22.2 Å². The highest BCUT2D eigenvalue weighted by Crippen LogP contribution is 2.25. The molecule has 0 radical (unpaired) electrons. The van der Waals surface area contributed by atoms with Crippen LogP contribution in [0.5, 0.6) is 0 Å². The molecule has 3 aromatic carbocycles. The molecular formula is C33H41Cl2N3O4S. The summed E-state index contributed by atoms with van der Waals surface area (Å²) in [5, 5.41) is 3.78. The van der Waals surface area contributed by atoms with Crippen LogP contribution in [0, 0.1) is 0 Å². The molecule has 43 heavy (non-hydrogen) atoms. The van der Waals surface area contributed by atoms with E-state index in [9.17, 15) is 18.0 Å². The van der Waals surface area contributed by atoms with Crippen LogP contribution in [0.25, 0.3) is 0 Å². The quantitative estimate of drug-likeness (QED) is 0.225. The molecular weight excluding hydrogens is 605 g/mol. The van der Waals surface area contributed by atoms with Crippen LogP contribution in [0.4, 0.5) is 5.69 Å². The zero-order valence-corrected chi connectivity index (χ0v) is 27.8. The van der Waals surface area contributed by atoms with E-state index in [-0.39, 0.29) is 37.7 Å². The Hall–Kier alpha value is -3.07. The van der Waals surface area contributed by atoms with Crippen molar-refractivity contribution in [2.45, 2.75) is 71.5 Å². The molecule has 0 heterocycles. The molecule has 2 amide bonds. The molecule has 0 aliphatic rings. The third kappa shape index (κ3) is 10.6. The summed E-state index contributed by atoms with van der Waals surface area (Å²) in [6.07, 6.45) is 2.60. The smallest absolute Gasteiger partial charge is 0.243 e. The van der Waals surface area contributed by atoms with Crippen molar-refractivity contribution in [1.82, 2.24) is 10.2 Å². The van der Waals surface area contributed by atoms with Gasteiger partial charge in [-0.1, -0.05) is 78.7 Å². The fourth-order valence-corrected chi connectivity index (χ4v) is 6.03. The summed E-state index contributed by atoms with van der Waals surface area (Å²) in [6, 6.07) is 21.2. The minimum Gasteiger partial charge on any atom is -0.350 e. The maximum Gasteiger partial charge on any atom is 0.243 e. The van der Waals surface area contributed by atoms with E-state index >= 15 is 0 Å². The summed E-state index contributed by atoms with van der Waals surface area (Å²) in [7, 11) is -3.59. The predicted octanol–water partition coefficient (Wildman–Crippen LogP) is 6.66. The summed E-state index contributed by atoms with van der Waals surface area (Å²) >= 11 is 12.4. The lowest BCUT2D eigenvalue weighted by atomic mass is 10.00. The maximum absolute atomic E-state index is 14.0. The van der Waals surface area contributed by atoms with Crippen molar-refractivity contribution < 1.29 is 18.0 Å². The maximum atomic E-state index is 14.0. The number of nitrogens with zero attached hydrogens (tertiary/aromatic N) is 2. The molecule has 0 saturated carbocycles. The Morgan fingerprint density at radius 1 is 0.884 bits per heavy atom. The molecule has 1 N–H and O–H groups in total. The van der Waals surface area contributed by atoms with Gasteiger partial charge in [0.05, 0.1) is 22.0 Å². The third-order valence-corrected chi connectivity index (χ3v) is 8.82. The molecule has 0 fully saturated rings. The van der Waals surface area contributed by atoms with Gasteiger partial charge in [-0.15, -0.1) is 0 Å². The molecule has 0 aliphatic heterocycles. The van der Waals surface area contributed by atoms with Crippen molar-refractivity contribution >= 4 is 50.7 Å². The van der Waals surface area contributed by atoms with Crippen molar-refractivity contribution in [1.29, 1.82) is 0 Å². The molecule has 7 nitrogen and oxygen atoms in total. The number of anilines is 1. The number of rotatable bonds is 13. The van der Waals surface area contributed by atoms with Crippen LogP contribution in [-0.2, 0) is 39.0 Å². The first-order valence-electron chi connectivity index (χ1n) is 14.3. The van der Waals surface area contributed by atoms with Gasteiger partial charge in [0.2, 0.25) is 21.8 Å². The van der Waals surface area contributed by atoms with Gasteiger partial charge in [0.1, 0.15) is 6.04 Å². The van der Waals surface area contributed by atoms with Gasteiger partial charge in [0.25, 0.3) is 0 Å². The number of nitrogens with one attached hydrogen (secondary N) is 1. The highest BCUT2D eigenvalue weighted by atomic mass is 35.5. The summed E-state index contributed by atoms with van der Waals surface area (Å²) in [4.78, 5) is 29.3. The van der Waals surface area contributed by atoms with E-state index in [1.807, 2.05) is 70.2 Å². The topological polar surface area (TPSA) is 86.8 Å². The molecule has 0 saturated heterocycles. The summed E-state index contributed by atoms with van der Waals surface area (Å²) < 4.78 is 26.7. The lowest BCUT2D eigenvalue weighted by Gasteiger charge is -2.34. The summed E-state index contributed by atoms with van der Waals surface area (Å²) in [6.45, 7) is 7.95. The van der Waals surface area contributed by atoms with Gasteiger partial charge >= 0.3 is 0 Å². The zero-order valence-electron chi connectivity index (χ0n) is 25.4. The molecule has 232 valence electrons. The minimum atomic E-state index is -3.59. The van der Waals surface area contributed by atoms with Crippen LogP contribution in [0.3, 0.4) is 0 Å². The Labute approximate surface area is 266 Å². The number of amides is 2. The number of hydrogen-bond acceptors (Lipinski definition) is 4. The molecule has 0 spiro atoms. The van der Waals surface area contributed by atoms with E-state index in [4.69, 9.17) is 23.2 Å². The molecule has 0 bridgehead atoms. The van der Waals surface area contributed by atoms with Crippen LogP contribution in [0.1, 0.15) is 57.2 Å². The third-order valence-electron chi connectivity index (χ3n) is 6.89. The largest absolute Gasteiger partial charge is 0.350 e. The molecule has 3 rings (SSSR count). The Kier molecular flexibility index (Phi) is 12.1. The summed E-state index contributed by atoms with van der Waals surface area (Å²) in [5.74, 6) is -0.551. The van der Waals surface area contributed by atoms with Crippen LogP contribution in [0.15, 0.2) is 72.8 Å². The second-order valence-corrected chi connectivity index (χ2v) is 14.4. The molecule has 0 aromatic heterocycles. The minimum absolute atomic E-state index is 0.0362. The van der Waals surface area contributed by atoms with Gasteiger partial charge in [0, 0.05) is 31.5 Å². The lowest BCUT2D eigenvalue weighted by molar-refractivity contribution is -0.142. The first-order valence-corrected chi connectivity index (χ1v) is 16.9. The Bertz CT molecular complexity index is 1490. The fraction of sp³-hybridized carbons (Fsp3) is 0.394. The van der Waals surface area contributed by atoms with Crippen molar-refractivity contribution in [2.24, 2.45) is 0 Å². The molecule has 1 unspecified atom stereocenters. The van der Waals surface area contributed by atoms with E-state index in [0.717, 1.165) is 29.4 Å². The van der Waals surface area contributed by atoms with Gasteiger partial charge in [-0.2, -0.15) is 0 Å². The lowest BCUT2D eigenvalue weighted by Crippen LogP contribution is -2.54. The Morgan fingerprint density at radius 2 is 1.51 bits per heavy atom. The van der Waals surface area contributed by atoms with Crippen molar-refractivity contribution in [3.8, 4) is 0 Å². The normalized spacial score (nSPS) is 12.4. The van der Waals surface area contributed by atoms with E-state index < -0.39 is 21.6 Å². The highest BCUT2D eigenvalue weighted by molar-refractivity contribution is 7.92. The molecule has 1 atom stereocenters. The van der Waals surface area contributed by atoms with Crippen molar-refractivity contribution in [3.63, 3.8) is 0 Å². The first-order chi connectivity index (χ1) is 20.2. The summed E-state index contributed by atoms with van der Waals surface area (Å²) in [5.41, 5.74) is 2.75. The Morgan fingerprint density at radius 3 is 2.07 bits per heavy atom. The molecule has 3 aromatic rings. The highest BCUT2D eigenvalue weighted by Gasteiger charge is 2.32. The van der Waals surface area contributed by atoms with Crippen LogP contribution >= 0.6 is 23.2 Å². The first kappa shape index (κ1) is 34.4. The number of carbonyl (C=O) groups excluding carboxylic acids is 2. The second kappa shape index (κ2) is 15.1. The SMILES string of the molecule is CCc1ccc(N(CCCC(=O)N(Cc2ccc(Cl)c(Cl)c2)C(Cc2ccccc2)C(=O)NC(C)(C)C)S(C)(=O)=O)cc1. The van der Waals surface area contributed by atoms with Crippen molar-refractivity contribution in [2.75, 3.05) is 17.1 Å². The molecule has 0 aliphatic carbocycles. The van der Waals surface area contributed by atoms with E-state index in [2.05, 4.69) is 5.32 Å². The van der Waals surface area contributed by atoms with Gasteiger partial charge in [-0.25, -0.2) is 8.42 Å². The average Bonchev–Trinajstić information content (AvgIpc) is 2.94. The van der Waals surface area contributed by atoms with Crippen LogP contribution in [0.2, 0.25) is 10.0 Å². The van der Waals surface area contributed by atoms with Gasteiger partial charge in [-0.05, 0) is 74.6 Å². The van der Waals surface area contributed by atoms with Gasteiger partial charge in [0.15, 0.2) is 0 Å². The fourth-order valence-electron chi connectivity index (χ4n) is 4.74. The number of carbonyl (C=O) groups is 2. The number of sulfonamides is 1. The predicted molar refractivity (Wildman–Crippen MR) is 176 cm³/mol. The number of hydrogen-bond donors (Lipinski definition) is 1. The monoisotopic (exact) mass is 645 g/mol. The van der Waals surface area contributed by atoms with Crippen LogP contribution in [-0.4, -0.2) is 49.5 Å². The Balaban J connectivity index is 1.91. The number of aryl methyl sites for hydroxylation is 1. The number of halogens is 2. The van der Waals surface area contributed by atoms with E-state index in [1.54, 1.807) is 35.2 Å².